The van der Waals surface area contributed by atoms with E-state index in [2.05, 4.69) is 9.88 Å². The molecule has 0 N–H and O–H groups in total. The number of benzene rings is 1. The molecule has 0 atom stereocenters. The van der Waals surface area contributed by atoms with Crippen molar-refractivity contribution < 1.29 is 9.53 Å². The van der Waals surface area contributed by atoms with Gasteiger partial charge in [-0.1, -0.05) is 0 Å². The Morgan fingerprint density at radius 3 is 2.74 bits per heavy atom. The number of anilines is 1. The third kappa shape index (κ3) is 3.96. The van der Waals surface area contributed by atoms with Gasteiger partial charge < -0.3 is 9.64 Å². The molecule has 1 saturated heterocycles. The van der Waals surface area contributed by atoms with E-state index in [1.807, 2.05) is 41.8 Å². The molecule has 140 valence electrons. The van der Waals surface area contributed by atoms with Crippen LogP contribution in [0.5, 0.6) is 5.75 Å². The normalized spacial score (nSPS) is 14.6. The van der Waals surface area contributed by atoms with Crippen LogP contribution in [0.2, 0.25) is 0 Å². The van der Waals surface area contributed by atoms with E-state index in [0.29, 0.717) is 12.3 Å². The minimum Gasteiger partial charge on any atom is -0.492 e. The molecule has 0 saturated carbocycles. The van der Waals surface area contributed by atoms with E-state index in [0.717, 1.165) is 28.1 Å². The van der Waals surface area contributed by atoms with Gasteiger partial charge in [0, 0.05) is 25.5 Å². The third-order valence-electron chi connectivity index (χ3n) is 4.97. The molecule has 4 rings (SSSR count). The fourth-order valence-electron chi connectivity index (χ4n) is 3.39. The first-order valence-electron chi connectivity index (χ1n) is 9.28. The number of rotatable bonds is 6. The van der Waals surface area contributed by atoms with Crippen LogP contribution in [-0.2, 0) is 0 Å². The van der Waals surface area contributed by atoms with E-state index in [-0.39, 0.29) is 5.91 Å². The van der Waals surface area contributed by atoms with Gasteiger partial charge in [-0.15, -0.1) is 11.3 Å². The van der Waals surface area contributed by atoms with Crippen molar-refractivity contribution in [2.24, 2.45) is 0 Å². The smallest absolute Gasteiger partial charge is 0.278 e. The molecule has 2 aromatic heterocycles. The van der Waals surface area contributed by atoms with Crippen LogP contribution in [0.3, 0.4) is 0 Å². The van der Waals surface area contributed by atoms with Gasteiger partial charge in [-0.05, 0) is 73.1 Å². The average Bonchev–Trinajstić information content (AvgIpc) is 3.39. The Kier molecular flexibility index (Phi) is 5.36. The predicted octanol–water partition coefficient (Wildman–Crippen LogP) is 4.05. The summed E-state index contributed by atoms with van der Waals surface area (Å²) in [6.45, 7) is 4.02. The number of nitrogens with zero attached hydrogens (tertiary/aromatic N) is 3. The Hall–Kier alpha value is -2.44. The summed E-state index contributed by atoms with van der Waals surface area (Å²) in [4.78, 5) is 21.3. The monoisotopic (exact) mass is 381 g/mol. The van der Waals surface area contributed by atoms with Gasteiger partial charge in [0.25, 0.3) is 5.91 Å². The lowest BCUT2D eigenvalue weighted by molar-refractivity contribution is 0.0990. The van der Waals surface area contributed by atoms with Gasteiger partial charge in [-0.3, -0.25) is 9.69 Å². The molecule has 0 spiro atoms. The predicted molar refractivity (Wildman–Crippen MR) is 110 cm³/mol. The molecule has 1 aliphatic rings. The summed E-state index contributed by atoms with van der Waals surface area (Å²) in [5, 5.41) is 3.03. The Bertz CT molecular complexity index is 917. The van der Waals surface area contributed by atoms with Crippen molar-refractivity contribution >= 4 is 33.0 Å². The molecule has 1 aliphatic heterocycles. The van der Waals surface area contributed by atoms with Gasteiger partial charge >= 0.3 is 0 Å². The minimum absolute atomic E-state index is 0.106. The SMILES string of the molecule is CN(C(=O)c1nccc2ccsc12)c1ccc(OCCN2CCCC2)cc1. The average molecular weight is 382 g/mol. The molecular formula is C21H23N3O2S. The molecule has 1 fully saturated rings. The number of fused-ring (bicyclic) bond motifs is 1. The summed E-state index contributed by atoms with van der Waals surface area (Å²) in [7, 11) is 1.78. The van der Waals surface area contributed by atoms with Gasteiger partial charge in [0.15, 0.2) is 0 Å². The number of hydrogen-bond acceptors (Lipinski definition) is 5. The van der Waals surface area contributed by atoms with Crippen LogP contribution in [0.4, 0.5) is 5.69 Å². The fraction of sp³-hybridized carbons (Fsp3) is 0.333. The van der Waals surface area contributed by atoms with Gasteiger partial charge in [0.2, 0.25) is 0 Å². The molecule has 6 heteroatoms. The molecule has 0 unspecified atom stereocenters. The summed E-state index contributed by atoms with van der Waals surface area (Å²) >= 11 is 1.54. The van der Waals surface area contributed by atoms with Crippen molar-refractivity contribution in [1.29, 1.82) is 0 Å². The van der Waals surface area contributed by atoms with E-state index < -0.39 is 0 Å². The van der Waals surface area contributed by atoms with Gasteiger partial charge in [-0.2, -0.15) is 0 Å². The summed E-state index contributed by atoms with van der Waals surface area (Å²) in [5.74, 6) is 0.725. The molecule has 0 bridgehead atoms. The van der Waals surface area contributed by atoms with Gasteiger partial charge in [0.05, 0.1) is 4.70 Å². The highest BCUT2D eigenvalue weighted by Gasteiger charge is 2.18. The number of aromatic nitrogens is 1. The van der Waals surface area contributed by atoms with Crippen molar-refractivity contribution in [3.63, 3.8) is 0 Å². The topological polar surface area (TPSA) is 45.7 Å². The van der Waals surface area contributed by atoms with Crippen LogP contribution < -0.4 is 9.64 Å². The quantitative estimate of drug-likeness (QED) is 0.646. The van der Waals surface area contributed by atoms with E-state index >= 15 is 0 Å². The maximum atomic E-state index is 12.9. The molecule has 5 nitrogen and oxygen atoms in total. The second-order valence-corrected chi connectivity index (χ2v) is 7.67. The molecule has 27 heavy (non-hydrogen) atoms. The first kappa shape index (κ1) is 17.9. The van der Waals surface area contributed by atoms with Crippen LogP contribution in [0, 0.1) is 0 Å². The molecule has 1 amide bonds. The van der Waals surface area contributed by atoms with Gasteiger partial charge in [-0.25, -0.2) is 4.98 Å². The number of hydrogen-bond donors (Lipinski definition) is 0. The lowest BCUT2D eigenvalue weighted by atomic mass is 10.2. The summed E-state index contributed by atoms with van der Waals surface area (Å²) < 4.78 is 6.77. The fourth-order valence-corrected chi connectivity index (χ4v) is 4.26. The molecule has 1 aromatic carbocycles. The highest BCUT2D eigenvalue weighted by Crippen LogP contribution is 2.26. The van der Waals surface area contributed by atoms with Crippen molar-refractivity contribution in [1.82, 2.24) is 9.88 Å². The van der Waals surface area contributed by atoms with Crippen LogP contribution in [-0.4, -0.2) is 49.1 Å². The highest BCUT2D eigenvalue weighted by atomic mass is 32.1. The van der Waals surface area contributed by atoms with E-state index in [9.17, 15) is 4.79 Å². The zero-order valence-corrected chi connectivity index (χ0v) is 16.2. The molecule has 3 aromatic rings. The Labute approximate surface area is 163 Å². The summed E-state index contributed by atoms with van der Waals surface area (Å²) in [5.41, 5.74) is 1.32. The zero-order valence-electron chi connectivity index (χ0n) is 15.4. The molecule has 0 aliphatic carbocycles. The van der Waals surface area contributed by atoms with Crippen LogP contribution in [0.25, 0.3) is 10.1 Å². The number of ether oxygens (including phenoxy) is 1. The third-order valence-corrected chi connectivity index (χ3v) is 5.91. The lowest BCUT2D eigenvalue weighted by Crippen LogP contribution is -2.27. The zero-order chi connectivity index (χ0) is 18.6. The summed E-state index contributed by atoms with van der Waals surface area (Å²) in [6, 6.07) is 11.6. The lowest BCUT2D eigenvalue weighted by Gasteiger charge is -2.18. The Balaban J connectivity index is 1.40. The second-order valence-electron chi connectivity index (χ2n) is 6.75. The standard InChI is InChI=1S/C21H23N3O2S/c1-23(21(25)19-20-16(8-10-22-19)9-15-27-20)17-4-6-18(7-5-17)26-14-13-24-11-2-3-12-24/h4-10,15H,2-3,11-14H2,1H3. The first-order chi connectivity index (χ1) is 13.2. The first-order valence-corrected chi connectivity index (χ1v) is 10.2. The second kappa shape index (κ2) is 8.06. The van der Waals surface area contributed by atoms with Crippen molar-refractivity contribution in [3.05, 3.63) is 53.7 Å². The minimum atomic E-state index is -0.106. The number of pyridine rings is 1. The summed E-state index contributed by atoms with van der Waals surface area (Å²) in [6.07, 6.45) is 4.28. The van der Waals surface area contributed by atoms with E-state index in [1.165, 1.54) is 25.9 Å². The molecule has 3 heterocycles. The maximum absolute atomic E-state index is 12.9. The number of carbonyl (C=O) groups excluding carboxylic acids is 1. The van der Waals surface area contributed by atoms with Gasteiger partial charge in [0.1, 0.15) is 18.1 Å². The number of amides is 1. The van der Waals surface area contributed by atoms with Crippen LogP contribution in [0.1, 0.15) is 23.3 Å². The van der Waals surface area contributed by atoms with E-state index in [1.54, 1.807) is 29.5 Å². The maximum Gasteiger partial charge on any atom is 0.278 e. The van der Waals surface area contributed by atoms with Crippen LogP contribution >= 0.6 is 11.3 Å². The number of thiophene rings is 1. The largest absolute Gasteiger partial charge is 0.492 e. The number of carbonyl (C=O) groups is 1. The van der Waals surface area contributed by atoms with Crippen molar-refractivity contribution in [3.8, 4) is 5.75 Å². The van der Waals surface area contributed by atoms with Crippen molar-refractivity contribution in [2.45, 2.75) is 12.8 Å². The Morgan fingerprint density at radius 1 is 1.19 bits per heavy atom. The molecule has 0 radical (unpaired) electrons. The number of likely N-dealkylation sites (tertiary alicyclic amines) is 1. The van der Waals surface area contributed by atoms with Crippen LogP contribution in [0.15, 0.2) is 48.0 Å². The van der Waals surface area contributed by atoms with Crippen molar-refractivity contribution in [2.75, 3.05) is 38.2 Å². The molecular weight excluding hydrogens is 358 g/mol. The Morgan fingerprint density at radius 2 is 1.96 bits per heavy atom. The highest BCUT2D eigenvalue weighted by molar-refractivity contribution is 7.17. The van der Waals surface area contributed by atoms with E-state index in [4.69, 9.17) is 4.74 Å².